The smallest absolute Gasteiger partial charge is 0.259 e. The fourth-order valence-corrected chi connectivity index (χ4v) is 2.95. The van der Waals surface area contributed by atoms with Crippen molar-refractivity contribution >= 4 is 47.3 Å². The van der Waals surface area contributed by atoms with Crippen LogP contribution in [-0.4, -0.2) is 10.6 Å². The zero-order valence-corrected chi connectivity index (χ0v) is 10.4. The molecule has 1 atom stereocenters. The average molecular weight is 263 g/mol. The summed E-state index contributed by atoms with van der Waals surface area (Å²) in [6.45, 7) is 0. The summed E-state index contributed by atoms with van der Waals surface area (Å²) in [5.41, 5.74) is 1.83. The zero-order chi connectivity index (χ0) is 11.8. The number of benzene rings is 1. The Kier molecular flexibility index (Phi) is 2.64. The molecule has 1 aromatic carbocycles. The molecule has 3 rings (SSSR count). The third-order valence-corrected chi connectivity index (χ3v) is 3.83. The van der Waals surface area contributed by atoms with Crippen molar-refractivity contribution in [1.29, 1.82) is 0 Å². The summed E-state index contributed by atoms with van der Waals surface area (Å²) in [6.07, 6.45) is 3.52. The lowest BCUT2D eigenvalue weighted by atomic mass is 10.1. The SMILES string of the molecule is O=C1NC(S)S/C1=C\c1ccc2occc2c1. The van der Waals surface area contributed by atoms with Gasteiger partial charge in [-0.3, -0.25) is 4.79 Å². The van der Waals surface area contributed by atoms with Gasteiger partial charge in [-0.2, -0.15) is 0 Å². The third-order valence-electron chi connectivity index (χ3n) is 2.49. The highest BCUT2D eigenvalue weighted by molar-refractivity contribution is 8.14. The van der Waals surface area contributed by atoms with Gasteiger partial charge in [-0.1, -0.05) is 17.8 Å². The second kappa shape index (κ2) is 4.16. The van der Waals surface area contributed by atoms with Gasteiger partial charge in [0.15, 0.2) is 0 Å². The van der Waals surface area contributed by atoms with Gasteiger partial charge < -0.3 is 9.73 Å². The molecule has 1 N–H and O–H groups in total. The van der Waals surface area contributed by atoms with E-state index in [1.54, 1.807) is 6.26 Å². The monoisotopic (exact) mass is 263 g/mol. The Bertz CT molecular complexity index is 618. The van der Waals surface area contributed by atoms with E-state index in [0.29, 0.717) is 4.91 Å². The maximum absolute atomic E-state index is 11.5. The van der Waals surface area contributed by atoms with Crippen molar-refractivity contribution in [2.24, 2.45) is 0 Å². The number of hydrogen-bond donors (Lipinski definition) is 2. The topological polar surface area (TPSA) is 42.2 Å². The maximum atomic E-state index is 11.5. The van der Waals surface area contributed by atoms with E-state index in [9.17, 15) is 4.79 Å². The van der Waals surface area contributed by atoms with Gasteiger partial charge in [0, 0.05) is 5.39 Å². The first-order valence-corrected chi connectivity index (χ1v) is 6.46. The largest absolute Gasteiger partial charge is 0.464 e. The molecule has 0 bridgehead atoms. The molecule has 1 amide bonds. The summed E-state index contributed by atoms with van der Waals surface area (Å²) < 4.78 is 5.12. The van der Waals surface area contributed by atoms with E-state index in [2.05, 4.69) is 17.9 Å². The molecule has 86 valence electrons. The molecule has 1 aliphatic rings. The Morgan fingerprint density at radius 1 is 1.41 bits per heavy atom. The molecule has 2 aromatic rings. The highest BCUT2D eigenvalue weighted by Gasteiger charge is 2.24. The number of furan rings is 1. The van der Waals surface area contributed by atoms with Crippen LogP contribution >= 0.6 is 24.4 Å². The van der Waals surface area contributed by atoms with Crippen molar-refractivity contribution in [3.05, 3.63) is 41.0 Å². The molecule has 5 heteroatoms. The van der Waals surface area contributed by atoms with Gasteiger partial charge in [0.1, 0.15) is 10.3 Å². The van der Waals surface area contributed by atoms with Crippen LogP contribution in [-0.2, 0) is 4.79 Å². The number of fused-ring (bicyclic) bond motifs is 1. The fourth-order valence-electron chi connectivity index (χ4n) is 1.71. The predicted octanol–water partition coefficient (Wildman–Crippen LogP) is 2.85. The van der Waals surface area contributed by atoms with Crippen molar-refractivity contribution in [1.82, 2.24) is 5.32 Å². The maximum Gasteiger partial charge on any atom is 0.259 e. The second-order valence-corrected chi connectivity index (χ2v) is 5.68. The van der Waals surface area contributed by atoms with Crippen molar-refractivity contribution < 1.29 is 9.21 Å². The van der Waals surface area contributed by atoms with Crippen molar-refractivity contribution in [2.75, 3.05) is 0 Å². The minimum atomic E-state index is -0.147. The summed E-state index contributed by atoms with van der Waals surface area (Å²) in [7, 11) is 0. The number of hydrogen-bond acceptors (Lipinski definition) is 4. The number of nitrogens with one attached hydrogen (secondary N) is 1. The van der Waals surface area contributed by atoms with E-state index < -0.39 is 0 Å². The Balaban J connectivity index is 1.99. The van der Waals surface area contributed by atoms with Gasteiger partial charge in [0.2, 0.25) is 0 Å². The normalized spacial score (nSPS) is 22.3. The van der Waals surface area contributed by atoms with E-state index in [-0.39, 0.29) is 10.6 Å². The molecule has 1 unspecified atom stereocenters. The molecular weight excluding hydrogens is 254 g/mol. The Morgan fingerprint density at radius 3 is 3.06 bits per heavy atom. The van der Waals surface area contributed by atoms with Crippen LogP contribution in [0.4, 0.5) is 0 Å². The van der Waals surface area contributed by atoms with Crippen LogP contribution in [0.2, 0.25) is 0 Å². The molecule has 1 fully saturated rings. The van der Waals surface area contributed by atoms with Crippen LogP contribution in [0.5, 0.6) is 0 Å². The van der Waals surface area contributed by atoms with Crippen molar-refractivity contribution in [3.63, 3.8) is 0 Å². The molecule has 0 radical (unpaired) electrons. The molecule has 17 heavy (non-hydrogen) atoms. The Hall–Kier alpha value is -1.33. The lowest BCUT2D eigenvalue weighted by Gasteiger charge is -1.96. The number of carbonyl (C=O) groups is 1. The number of amides is 1. The Morgan fingerprint density at radius 2 is 2.29 bits per heavy atom. The van der Waals surface area contributed by atoms with Gasteiger partial charge in [0.05, 0.1) is 11.2 Å². The lowest BCUT2D eigenvalue weighted by Crippen LogP contribution is -2.19. The Labute approximate surface area is 108 Å². The van der Waals surface area contributed by atoms with Crippen LogP contribution < -0.4 is 5.32 Å². The molecule has 0 spiro atoms. The summed E-state index contributed by atoms with van der Waals surface area (Å²) in [5, 5.41) is 3.75. The summed E-state index contributed by atoms with van der Waals surface area (Å²) in [6, 6.07) is 7.72. The number of carbonyl (C=O) groups excluding carboxylic acids is 1. The van der Waals surface area contributed by atoms with E-state index in [1.807, 2.05) is 30.3 Å². The van der Waals surface area contributed by atoms with Gasteiger partial charge in [-0.15, -0.1) is 12.6 Å². The van der Waals surface area contributed by atoms with E-state index in [0.717, 1.165) is 16.5 Å². The quantitative estimate of drug-likeness (QED) is 0.614. The molecule has 2 heterocycles. The minimum absolute atomic E-state index is 0.0673. The van der Waals surface area contributed by atoms with Crippen LogP contribution in [0.15, 0.2) is 39.9 Å². The molecule has 0 aliphatic carbocycles. The van der Waals surface area contributed by atoms with E-state index in [1.165, 1.54) is 11.8 Å². The summed E-state index contributed by atoms with van der Waals surface area (Å²) in [4.78, 5) is 12.2. The zero-order valence-electron chi connectivity index (χ0n) is 8.71. The van der Waals surface area contributed by atoms with Gasteiger partial charge in [-0.05, 0) is 29.8 Å². The van der Waals surface area contributed by atoms with Crippen LogP contribution in [0, 0.1) is 0 Å². The van der Waals surface area contributed by atoms with E-state index in [4.69, 9.17) is 4.42 Å². The van der Waals surface area contributed by atoms with Crippen molar-refractivity contribution in [2.45, 2.75) is 4.71 Å². The highest BCUT2D eigenvalue weighted by Crippen LogP contribution is 2.31. The number of thiol groups is 1. The first kappa shape index (κ1) is 10.8. The molecule has 3 nitrogen and oxygen atoms in total. The summed E-state index contributed by atoms with van der Waals surface area (Å²) in [5.74, 6) is -0.0673. The van der Waals surface area contributed by atoms with Crippen LogP contribution in [0.3, 0.4) is 0 Å². The third kappa shape index (κ3) is 2.08. The standard InChI is InChI=1S/C12H9NO2S2/c14-11-10(17-12(16)13-11)6-7-1-2-9-8(5-7)3-4-15-9/h1-6,12,16H,(H,13,14)/b10-6-. The van der Waals surface area contributed by atoms with Gasteiger partial charge in [-0.25, -0.2) is 0 Å². The molecular formula is C12H9NO2S2. The minimum Gasteiger partial charge on any atom is -0.464 e. The van der Waals surface area contributed by atoms with Gasteiger partial charge in [0.25, 0.3) is 5.91 Å². The lowest BCUT2D eigenvalue weighted by molar-refractivity contribution is -0.116. The fraction of sp³-hybridized carbons (Fsp3) is 0.0833. The number of rotatable bonds is 1. The van der Waals surface area contributed by atoms with Crippen molar-refractivity contribution in [3.8, 4) is 0 Å². The average Bonchev–Trinajstić information content (AvgIpc) is 2.85. The molecule has 1 aromatic heterocycles. The predicted molar refractivity (Wildman–Crippen MR) is 72.7 cm³/mol. The van der Waals surface area contributed by atoms with Crippen LogP contribution in [0.1, 0.15) is 5.56 Å². The van der Waals surface area contributed by atoms with Crippen LogP contribution in [0.25, 0.3) is 17.0 Å². The molecule has 1 aliphatic heterocycles. The van der Waals surface area contributed by atoms with Gasteiger partial charge >= 0.3 is 0 Å². The summed E-state index contributed by atoms with van der Waals surface area (Å²) >= 11 is 5.62. The molecule has 1 saturated heterocycles. The van der Waals surface area contributed by atoms with E-state index >= 15 is 0 Å². The first-order chi connectivity index (χ1) is 8.22. The second-order valence-electron chi connectivity index (χ2n) is 3.67. The highest BCUT2D eigenvalue weighted by atomic mass is 32.2. The molecule has 0 saturated carbocycles. The number of thioether (sulfide) groups is 1. The first-order valence-electron chi connectivity index (χ1n) is 5.07.